The fourth-order valence-electron chi connectivity index (χ4n) is 2.88. The summed E-state index contributed by atoms with van der Waals surface area (Å²) in [5.74, 6) is 2.22. The molecule has 1 aliphatic heterocycles. The Hall–Kier alpha value is -0.670. The SMILES string of the molecule is COc1ccc2c(c1)C1NC(C)CSC1CC2. The Labute approximate surface area is 107 Å². The molecule has 2 nitrogen and oxygen atoms in total. The number of hydrogen-bond donors (Lipinski definition) is 1. The highest BCUT2D eigenvalue weighted by atomic mass is 32.2. The van der Waals surface area contributed by atoms with Crippen LogP contribution in [0.2, 0.25) is 0 Å². The standard InChI is InChI=1S/C14H19NOS/c1-9-8-17-13-6-4-10-3-5-11(16-2)7-12(10)14(13)15-9/h3,5,7,9,13-15H,4,6,8H2,1-2H3. The third kappa shape index (κ3) is 2.06. The average Bonchev–Trinajstić information content (AvgIpc) is 2.38. The van der Waals surface area contributed by atoms with Crippen molar-refractivity contribution in [3.63, 3.8) is 0 Å². The maximum atomic E-state index is 5.35. The molecule has 3 rings (SSSR count). The second-order valence-electron chi connectivity index (χ2n) is 5.02. The average molecular weight is 249 g/mol. The summed E-state index contributed by atoms with van der Waals surface area (Å²) in [7, 11) is 1.74. The van der Waals surface area contributed by atoms with Crippen molar-refractivity contribution in [3.8, 4) is 5.75 Å². The van der Waals surface area contributed by atoms with Gasteiger partial charge in [0.15, 0.2) is 0 Å². The lowest BCUT2D eigenvalue weighted by Gasteiger charge is -2.40. The fraction of sp³-hybridized carbons (Fsp3) is 0.571. The third-order valence-corrected chi connectivity index (χ3v) is 5.41. The highest BCUT2D eigenvalue weighted by molar-refractivity contribution is 8.00. The van der Waals surface area contributed by atoms with Gasteiger partial charge in [0.05, 0.1) is 7.11 Å². The zero-order valence-electron chi connectivity index (χ0n) is 10.4. The maximum Gasteiger partial charge on any atom is 0.119 e. The van der Waals surface area contributed by atoms with Gasteiger partial charge in [-0.3, -0.25) is 0 Å². The molecule has 0 aromatic heterocycles. The molecule has 0 radical (unpaired) electrons. The van der Waals surface area contributed by atoms with E-state index in [1.54, 1.807) is 7.11 Å². The predicted molar refractivity (Wildman–Crippen MR) is 72.9 cm³/mol. The van der Waals surface area contributed by atoms with Crippen LogP contribution in [0.25, 0.3) is 0 Å². The number of ether oxygens (including phenoxy) is 1. The van der Waals surface area contributed by atoms with Crippen LogP contribution in [-0.4, -0.2) is 24.2 Å². The zero-order chi connectivity index (χ0) is 11.8. The van der Waals surface area contributed by atoms with Crippen molar-refractivity contribution < 1.29 is 4.74 Å². The van der Waals surface area contributed by atoms with Gasteiger partial charge in [-0.15, -0.1) is 0 Å². The molecule has 92 valence electrons. The van der Waals surface area contributed by atoms with E-state index < -0.39 is 0 Å². The second kappa shape index (κ2) is 4.54. The highest BCUT2D eigenvalue weighted by Gasteiger charge is 2.34. The smallest absolute Gasteiger partial charge is 0.119 e. The summed E-state index contributed by atoms with van der Waals surface area (Å²) in [6.07, 6.45) is 2.51. The number of thioether (sulfide) groups is 1. The molecule has 0 spiro atoms. The van der Waals surface area contributed by atoms with Gasteiger partial charge >= 0.3 is 0 Å². The summed E-state index contributed by atoms with van der Waals surface area (Å²) in [5, 5.41) is 4.49. The Morgan fingerprint density at radius 1 is 1.41 bits per heavy atom. The minimum atomic E-state index is 0.516. The Kier molecular flexibility index (Phi) is 3.05. The first-order chi connectivity index (χ1) is 8.28. The largest absolute Gasteiger partial charge is 0.497 e. The Balaban J connectivity index is 1.97. The van der Waals surface area contributed by atoms with Gasteiger partial charge in [-0.05, 0) is 43.0 Å². The number of nitrogens with one attached hydrogen (secondary N) is 1. The molecule has 2 aliphatic rings. The van der Waals surface area contributed by atoms with Crippen LogP contribution in [0.15, 0.2) is 18.2 Å². The van der Waals surface area contributed by atoms with Gasteiger partial charge in [-0.25, -0.2) is 0 Å². The normalized spacial score (nSPS) is 31.5. The fourth-order valence-corrected chi connectivity index (χ4v) is 4.22. The van der Waals surface area contributed by atoms with E-state index in [4.69, 9.17) is 4.74 Å². The van der Waals surface area contributed by atoms with Crippen molar-refractivity contribution in [1.29, 1.82) is 0 Å². The predicted octanol–water partition coefficient (Wildman–Crippen LogP) is 2.78. The molecule has 3 atom stereocenters. The molecule has 3 unspecified atom stereocenters. The van der Waals surface area contributed by atoms with Crippen molar-refractivity contribution in [2.45, 2.75) is 37.1 Å². The van der Waals surface area contributed by atoms with Crippen molar-refractivity contribution >= 4 is 11.8 Å². The molecule has 1 heterocycles. The lowest BCUT2D eigenvalue weighted by molar-refractivity contribution is 0.401. The topological polar surface area (TPSA) is 21.3 Å². The molecule has 1 aliphatic carbocycles. The van der Waals surface area contributed by atoms with Crippen LogP contribution in [0.4, 0.5) is 0 Å². The molecule has 3 heteroatoms. The van der Waals surface area contributed by atoms with Crippen molar-refractivity contribution in [3.05, 3.63) is 29.3 Å². The van der Waals surface area contributed by atoms with E-state index in [9.17, 15) is 0 Å². The Bertz CT molecular complexity index is 421. The first kappa shape index (κ1) is 11.4. The Morgan fingerprint density at radius 3 is 3.12 bits per heavy atom. The number of rotatable bonds is 1. The van der Waals surface area contributed by atoms with Crippen molar-refractivity contribution in [2.75, 3.05) is 12.9 Å². The minimum absolute atomic E-state index is 0.516. The summed E-state index contributed by atoms with van der Waals surface area (Å²) in [6, 6.07) is 7.66. The number of aryl methyl sites for hydroxylation is 1. The van der Waals surface area contributed by atoms with Gasteiger partial charge < -0.3 is 10.1 Å². The summed E-state index contributed by atoms with van der Waals surface area (Å²) < 4.78 is 5.35. The van der Waals surface area contributed by atoms with E-state index in [2.05, 4.69) is 42.2 Å². The van der Waals surface area contributed by atoms with Crippen molar-refractivity contribution in [1.82, 2.24) is 5.32 Å². The van der Waals surface area contributed by atoms with Gasteiger partial charge in [0.2, 0.25) is 0 Å². The van der Waals surface area contributed by atoms with Crippen LogP contribution in [0.3, 0.4) is 0 Å². The quantitative estimate of drug-likeness (QED) is 0.827. The van der Waals surface area contributed by atoms with Crippen LogP contribution in [0.1, 0.15) is 30.5 Å². The van der Waals surface area contributed by atoms with Crippen LogP contribution in [0, 0.1) is 0 Å². The number of benzene rings is 1. The van der Waals surface area contributed by atoms with Gasteiger partial charge in [-0.2, -0.15) is 11.8 Å². The second-order valence-corrected chi connectivity index (χ2v) is 6.29. The van der Waals surface area contributed by atoms with Gasteiger partial charge in [0, 0.05) is 23.1 Å². The number of methoxy groups -OCH3 is 1. The van der Waals surface area contributed by atoms with Gasteiger partial charge in [0.25, 0.3) is 0 Å². The third-order valence-electron chi connectivity index (χ3n) is 3.78. The van der Waals surface area contributed by atoms with E-state index in [1.165, 1.54) is 29.7 Å². The maximum absolute atomic E-state index is 5.35. The minimum Gasteiger partial charge on any atom is -0.497 e. The van der Waals surface area contributed by atoms with Crippen LogP contribution < -0.4 is 10.1 Å². The van der Waals surface area contributed by atoms with Gasteiger partial charge in [0.1, 0.15) is 5.75 Å². The van der Waals surface area contributed by atoms with E-state index in [0.29, 0.717) is 12.1 Å². The zero-order valence-corrected chi connectivity index (χ0v) is 11.2. The summed E-state index contributed by atoms with van der Waals surface area (Å²) in [5.41, 5.74) is 2.95. The molecular weight excluding hydrogens is 230 g/mol. The molecule has 0 amide bonds. The number of hydrogen-bond acceptors (Lipinski definition) is 3. The lowest BCUT2D eigenvalue weighted by Crippen LogP contribution is -2.44. The van der Waals surface area contributed by atoms with Crippen LogP contribution in [0.5, 0.6) is 5.75 Å². The molecule has 1 aromatic carbocycles. The van der Waals surface area contributed by atoms with Crippen molar-refractivity contribution in [2.24, 2.45) is 0 Å². The molecule has 1 saturated heterocycles. The lowest BCUT2D eigenvalue weighted by atomic mass is 9.86. The molecule has 1 fully saturated rings. The molecule has 1 N–H and O–H groups in total. The van der Waals surface area contributed by atoms with E-state index in [1.807, 2.05) is 0 Å². The van der Waals surface area contributed by atoms with Crippen LogP contribution in [-0.2, 0) is 6.42 Å². The first-order valence-electron chi connectivity index (χ1n) is 6.32. The summed E-state index contributed by atoms with van der Waals surface area (Å²) >= 11 is 2.13. The van der Waals surface area contributed by atoms with E-state index in [-0.39, 0.29) is 0 Å². The monoisotopic (exact) mass is 249 g/mol. The van der Waals surface area contributed by atoms with Crippen LogP contribution >= 0.6 is 11.8 Å². The molecule has 17 heavy (non-hydrogen) atoms. The Morgan fingerprint density at radius 2 is 2.29 bits per heavy atom. The molecule has 1 aromatic rings. The van der Waals surface area contributed by atoms with Gasteiger partial charge in [-0.1, -0.05) is 6.07 Å². The van der Waals surface area contributed by atoms with E-state index >= 15 is 0 Å². The van der Waals surface area contributed by atoms with E-state index in [0.717, 1.165) is 11.0 Å². The molecular formula is C14H19NOS. The summed E-state index contributed by atoms with van der Waals surface area (Å²) in [4.78, 5) is 0. The number of fused-ring (bicyclic) bond motifs is 3. The molecule has 0 saturated carbocycles. The highest BCUT2D eigenvalue weighted by Crippen LogP contribution is 2.41. The summed E-state index contributed by atoms with van der Waals surface area (Å²) in [6.45, 7) is 2.28. The molecule has 0 bridgehead atoms. The first-order valence-corrected chi connectivity index (χ1v) is 7.37.